The first-order valence-corrected chi connectivity index (χ1v) is 11.3. The Morgan fingerprint density at radius 2 is 1.69 bits per heavy atom. The number of carboxylic acid groups (broad SMARTS) is 1. The lowest BCUT2D eigenvalue weighted by Crippen LogP contribution is -2.17. The normalized spacial score (nSPS) is 11.9. The maximum absolute atomic E-state index is 14.1. The number of benzene rings is 4. The lowest BCUT2D eigenvalue weighted by Gasteiger charge is -2.14. The van der Waals surface area contributed by atoms with Crippen molar-refractivity contribution in [3.8, 4) is 22.6 Å². The highest BCUT2D eigenvalue weighted by molar-refractivity contribution is 5.88. The minimum atomic E-state index is -4.57. The molecule has 4 aromatic carbocycles. The maximum Gasteiger partial charge on any atom is 0.417 e. The number of halogens is 3. The van der Waals surface area contributed by atoms with E-state index in [0.717, 1.165) is 22.4 Å². The van der Waals surface area contributed by atoms with Crippen LogP contribution in [0.1, 0.15) is 17.5 Å². The zero-order valence-electron chi connectivity index (χ0n) is 19.0. The number of fused-ring (bicyclic) bond motifs is 2. The second-order valence-electron chi connectivity index (χ2n) is 8.46. The predicted octanol–water partition coefficient (Wildman–Crippen LogP) is 6.90. The SMILES string of the molecule is O=C(O)CCNCc1ccc2nc(-c3ccc(-c4ccc5ccccc5c4)c(C(F)(F)F)c3)oc2c1. The van der Waals surface area contributed by atoms with Crippen LogP contribution in [0.2, 0.25) is 0 Å². The lowest BCUT2D eigenvalue weighted by atomic mass is 9.95. The summed E-state index contributed by atoms with van der Waals surface area (Å²) >= 11 is 0. The molecular formula is C28H21F3N2O3. The molecule has 5 aromatic rings. The first kappa shape index (κ1) is 23.6. The van der Waals surface area contributed by atoms with E-state index in [-0.39, 0.29) is 23.4 Å². The molecule has 0 radical (unpaired) electrons. The second kappa shape index (κ2) is 9.47. The Morgan fingerprint density at radius 3 is 2.47 bits per heavy atom. The topological polar surface area (TPSA) is 75.4 Å². The van der Waals surface area contributed by atoms with Gasteiger partial charge in [-0.15, -0.1) is 0 Å². The third-order valence-electron chi connectivity index (χ3n) is 5.93. The van der Waals surface area contributed by atoms with Gasteiger partial charge in [0.05, 0.1) is 12.0 Å². The van der Waals surface area contributed by atoms with Crippen molar-refractivity contribution in [1.29, 1.82) is 0 Å². The summed E-state index contributed by atoms with van der Waals surface area (Å²) in [6.45, 7) is 0.747. The number of alkyl halides is 3. The number of carboxylic acids is 1. The van der Waals surface area contributed by atoms with Gasteiger partial charge in [0, 0.05) is 18.7 Å². The smallest absolute Gasteiger partial charge is 0.417 e. The van der Waals surface area contributed by atoms with E-state index in [1.165, 1.54) is 6.07 Å². The van der Waals surface area contributed by atoms with Gasteiger partial charge in [0.15, 0.2) is 5.58 Å². The Balaban J connectivity index is 1.47. The largest absolute Gasteiger partial charge is 0.481 e. The summed E-state index contributed by atoms with van der Waals surface area (Å²) in [5.74, 6) is -0.792. The average molecular weight is 490 g/mol. The van der Waals surface area contributed by atoms with Gasteiger partial charge in [0.2, 0.25) is 5.89 Å². The van der Waals surface area contributed by atoms with Gasteiger partial charge < -0.3 is 14.8 Å². The quantitative estimate of drug-likeness (QED) is 0.243. The van der Waals surface area contributed by atoms with E-state index < -0.39 is 17.7 Å². The van der Waals surface area contributed by atoms with Crippen molar-refractivity contribution in [3.05, 3.63) is 90.0 Å². The molecule has 0 aliphatic rings. The molecule has 0 aliphatic carbocycles. The number of rotatable bonds is 7. The van der Waals surface area contributed by atoms with Crippen molar-refractivity contribution in [2.24, 2.45) is 0 Å². The van der Waals surface area contributed by atoms with Gasteiger partial charge in [-0.3, -0.25) is 4.79 Å². The number of nitrogens with one attached hydrogen (secondary N) is 1. The van der Waals surface area contributed by atoms with Gasteiger partial charge in [-0.25, -0.2) is 4.98 Å². The van der Waals surface area contributed by atoms with Crippen LogP contribution in [0.5, 0.6) is 0 Å². The van der Waals surface area contributed by atoms with Crippen LogP contribution in [0.25, 0.3) is 44.5 Å². The zero-order chi connectivity index (χ0) is 25.3. The van der Waals surface area contributed by atoms with E-state index >= 15 is 0 Å². The zero-order valence-corrected chi connectivity index (χ0v) is 19.0. The lowest BCUT2D eigenvalue weighted by molar-refractivity contribution is -0.137. The van der Waals surface area contributed by atoms with Crippen molar-refractivity contribution in [2.75, 3.05) is 6.54 Å². The summed E-state index contributed by atoms with van der Waals surface area (Å²) in [5, 5.41) is 13.6. The standard InChI is InChI=1S/C28H21F3N2O3/c29-28(30,31)23-15-21(8-9-22(23)20-7-6-18-3-1-2-4-19(18)14-20)27-33-24-10-5-17(13-25(24)36-27)16-32-12-11-26(34)35/h1-10,13-15,32H,11-12,16H2,(H,34,35). The third-order valence-corrected chi connectivity index (χ3v) is 5.93. The summed E-state index contributed by atoms with van der Waals surface area (Å²) < 4.78 is 48.1. The number of hydrogen-bond donors (Lipinski definition) is 2. The molecule has 0 fully saturated rings. The molecule has 2 N–H and O–H groups in total. The number of aromatic nitrogens is 1. The highest BCUT2D eigenvalue weighted by Crippen LogP contribution is 2.40. The fourth-order valence-electron chi connectivity index (χ4n) is 4.15. The minimum Gasteiger partial charge on any atom is -0.481 e. The molecule has 0 spiro atoms. The molecule has 0 unspecified atom stereocenters. The van der Waals surface area contributed by atoms with Crippen molar-refractivity contribution < 1.29 is 27.5 Å². The van der Waals surface area contributed by atoms with E-state index in [4.69, 9.17) is 9.52 Å². The van der Waals surface area contributed by atoms with Crippen LogP contribution < -0.4 is 5.32 Å². The highest BCUT2D eigenvalue weighted by Gasteiger charge is 2.34. The summed E-state index contributed by atoms with van der Waals surface area (Å²) in [7, 11) is 0. The van der Waals surface area contributed by atoms with Crippen LogP contribution in [0.4, 0.5) is 13.2 Å². The van der Waals surface area contributed by atoms with Gasteiger partial charge in [0.25, 0.3) is 0 Å². The molecule has 1 heterocycles. The number of oxazole rings is 1. The molecule has 5 rings (SSSR count). The third kappa shape index (κ3) is 4.94. The molecular weight excluding hydrogens is 469 g/mol. The predicted molar refractivity (Wildman–Crippen MR) is 131 cm³/mol. The molecule has 0 amide bonds. The fourth-order valence-corrected chi connectivity index (χ4v) is 4.15. The van der Waals surface area contributed by atoms with Crippen molar-refractivity contribution >= 4 is 27.8 Å². The Morgan fingerprint density at radius 1 is 0.917 bits per heavy atom. The summed E-state index contributed by atoms with van der Waals surface area (Å²) in [6, 6.07) is 22.2. The average Bonchev–Trinajstić information content (AvgIpc) is 3.29. The second-order valence-corrected chi connectivity index (χ2v) is 8.46. The van der Waals surface area contributed by atoms with E-state index in [2.05, 4.69) is 10.3 Å². The van der Waals surface area contributed by atoms with E-state index in [1.54, 1.807) is 30.3 Å². The highest BCUT2D eigenvalue weighted by atomic mass is 19.4. The van der Waals surface area contributed by atoms with Crippen LogP contribution in [-0.4, -0.2) is 22.6 Å². The summed E-state index contributed by atoms with van der Waals surface area (Å²) in [6.07, 6.45) is -4.57. The molecule has 1 aromatic heterocycles. The molecule has 36 heavy (non-hydrogen) atoms. The number of hydrogen-bond acceptors (Lipinski definition) is 4. The monoisotopic (exact) mass is 490 g/mol. The molecule has 0 saturated heterocycles. The first-order valence-electron chi connectivity index (χ1n) is 11.3. The van der Waals surface area contributed by atoms with Crippen molar-refractivity contribution in [2.45, 2.75) is 19.1 Å². The maximum atomic E-state index is 14.1. The Labute approximate surface area is 204 Å². The molecule has 5 nitrogen and oxygen atoms in total. The van der Waals surface area contributed by atoms with Crippen LogP contribution in [0.3, 0.4) is 0 Å². The van der Waals surface area contributed by atoms with Crippen LogP contribution in [0, 0.1) is 0 Å². The molecule has 0 aliphatic heterocycles. The Kier molecular flexibility index (Phi) is 6.20. The molecule has 182 valence electrons. The van der Waals surface area contributed by atoms with Gasteiger partial charge in [-0.05, 0) is 57.8 Å². The Bertz CT molecular complexity index is 1570. The van der Waals surface area contributed by atoms with Crippen LogP contribution in [-0.2, 0) is 17.5 Å². The molecule has 8 heteroatoms. The van der Waals surface area contributed by atoms with Gasteiger partial charge >= 0.3 is 12.1 Å². The number of carbonyl (C=O) groups is 1. The summed E-state index contributed by atoms with van der Waals surface area (Å²) in [5.41, 5.74) is 1.83. The molecule has 0 bridgehead atoms. The van der Waals surface area contributed by atoms with E-state index in [0.29, 0.717) is 29.8 Å². The molecule has 0 atom stereocenters. The van der Waals surface area contributed by atoms with E-state index in [9.17, 15) is 18.0 Å². The number of aliphatic carboxylic acids is 1. The first-order chi connectivity index (χ1) is 17.3. The minimum absolute atomic E-state index is 0.00540. The number of nitrogens with zero attached hydrogens (tertiary/aromatic N) is 1. The fraction of sp³-hybridized carbons (Fsp3) is 0.143. The van der Waals surface area contributed by atoms with Gasteiger partial charge in [-0.2, -0.15) is 13.2 Å². The van der Waals surface area contributed by atoms with Gasteiger partial charge in [0.1, 0.15) is 5.52 Å². The van der Waals surface area contributed by atoms with Crippen molar-refractivity contribution in [3.63, 3.8) is 0 Å². The summed E-state index contributed by atoms with van der Waals surface area (Å²) in [4.78, 5) is 15.0. The van der Waals surface area contributed by atoms with Gasteiger partial charge in [-0.1, -0.05) is 48.5 Å². The molecule has 0 saturated carbocycles. The van der Waals surface area contributed by atoms with Crippen molar-refractivity contribution in [1.82, 2.24) is 10.3 Å². The van der Waals surface area contributed by atoms with Crippen LogP contribution in [0.15, 0.2) is 83.3 Å². The van der Waals surface area contributed by atoms with E-state index in [1.807, 2.05) is 36.4 Å². The van der Waals surface area contributed by atoms with Crippen LogP contribution >= 0.6 is 0 Å². The Hall–Kier alpha value is -4.17.